The Labute approximate surface area is 127 Å². The summed E-state index contributed by atoms with van der Waals surface area (Å²) >= 11 is 0. The molecule has 1 atom stereocenters. The second-order valence-corrected chi connectivity index (χ2v) is 5.85. The standard InChI is InChI=1S/C15H27N5O/c1-4-13(2)20-8-5-14(17-20)11-18(3)12-15(21)19-9-6-16-7-10-19/h5,8,13,16H,4,6-7,9-12H2,1-3H3. The van der Waals surface area contributed by atoms with Crippen LogP contribution in [0.25, 0.3) is 0 Å². The molecule has 21 heavy (non-hydrogen) atoms. The predicted octanol–water partition coefficient (Wildman–Crippen LogP) is 0.718. The molecule has 1 amide bonds. The van der Waals surface area contributed by atoms with E-state index in [1.165, 1.54) is 0 Å². The van der Waals surface area contributed by atoms with Gasteiger partial charge in [-0.15, -0.1) is 0 Å². The van der Waals surface area contributed by atoms with E-state index in [4.69, 9.17) is 0 Å². The number of carbonyl (C=O) groups is 1. The Morgan fingerprint density at radius 1 is 1.48 bits per heavy atom. The number of likely N-dealkylation sites (N-methyl/N-ethyl adjacent to an activating group) is 1. The van der Waals surface area contributed by atoms with E-state index < -0.39 is 0 Å². The highest BCUT2D eigenvalue weighted by molar-refractivity contribution is 5.78. The lowest BCUT2D eigenvalue weighted by Gasteiger charge is -2.29. The number of rotatable bonds is 6. The number of hydrogen-bond donors (Lipinski definition) is 1. The van der Waals surface area contributed by atoms with Gasteiger partial charge in [-0.2, -0.15) is 5.10 Å². The van der Waals surface area contributed by atoms with E-state index in [1.54, 1.807) is 0 Å². The van der Waals surface area contributed by atoms with Crippen molar-refractivity contribution in [1.82, 2.24) is 24.9 Å². The molecule has 1 aliphatic rings. The molecule has 1 fully saturated rings. The molecule has 0 spiro atoms. The van der Waals surface area contributed by atoms with Gasteiger partial charge in [0, 0.05) is 45.0 Å². The topological polar surface area (TPSA) is 53.4 Å². The minimum atomic E-state index is 0.209. The van der Waals surface area contributed by atoms with Gasteiger partial charge in [0.15, 0.2) is 0 Å². The van der Waals surface area contributed by atoms with Gasteiger partial charge in [0.25, 0.3) is 0 Å². The Kier molecular flexibility index (Phi) is 5.76. The second-order valence-electron chi connectivity index (χ2n) is 5.85. The van der Waals surface area contributed by atoms with Gasteiger partial charge in [-0.05, 0) is 26.5 Å². The maximum absolute atomic E-state index is 12.2. The van der Waals surface area contributed by atoms with Gasteiger partial charge in [-0.1, -0.05) is 6.92 Å². The molecule has 0 aromatic carbocycles. The Morgan fingerprint density at radius 2 is 2.19 bits per heavy atom. The van der Waals surface area contributed by atoms with Crippen molar-refractivity contribution in [1.29, 1.82) is 0 Å². The van der Waals surface area contributed by atoms with Crippen molar-refractivity contribution in [3.63, 3.8) is 0 Å². The number of hydrogen-bond acceptors (Lipinski definition) is 4. The molecule has 1 aromatic heterocycles. The molecule has 118 valence electrons. The fourth-order valence-electron chi connectivity index (χ4n) is 2.47. The maximum atomic E-state index is 12.2. The van der Waals surface area contributed by atoms with Crippen LogP contribution >= 0.6 is 0 Å². The van der Waals surface area contributed by atoms with E-state index >= 15 is 0 Å². The summed E-state index contributed by atoms with van der Waals surface area (Å²) in [5.41, 5.74) is 1.02. The number of aromatic nitrogens is 2. The molecule has 0 aliphatic carbocycles. The largest absolute Gasteiger partial charge is 0.339 e. The minimum absolute atomic E-state index is 0.209. The summed E-state index contributed by atoms with van der Waals surface area (Å²) in [6.45, 7) is 8.91. The van der Waals surface area contributed by atoms with Crippen molar-refractivity contribution in [2.24, 2.45) is 0 Å². The average molecular weight is 293 g/mol. The van der Waals surface area contributed by atoms with Crippen LogP contribution in [0.2, 0.25) is 0 Å². The average Bonchev–Trinajstić information content (AvgIpc) is 2.95. The fourth-order valence-corrected chi connectivity index (χ4v) is 2.47. The van der Waals surface area contributed by atoms with Crippen molar-refractivity contribution in [2.45, 2.75) is 32.9 Å². The monoisotopic (exact) mass is 293 g/mol. The first-order chi connectivity index (χ1) is 10.1. The maximum Gasteiger partial charge on any atom is 0.236 e. The van der Waals surface area contributed by atoms with Crippen LogP contribution in [0.4, 0.5) is 0 Å². The summed E-state index contributed by atoms with van der Waals surface area (Å²) in [6.07, 6.45) is 3.09. The molecule has 0 bridgehead atoms. The van der Waals surface area contributed by atoms with Gasteiger partial charge >= 0.3 is 0 Å². The molecule has 6 nitrogen and oxygen atoms in total. The third kappa shape index (κ3) is 4.54. The molecule has 0 saturated carbocycles. The van der Waals surface area contributed by atoms with Gasteiger partial charge in [0.1, 0.15) is 0 Å². The highest BCUT2D eigenvalue weighted by Gasteiger charge is 2.18. The van der Waals surface area contributed by atoms with Crippen LogP contribution in [0.3, 0.4) is 0 Å². The first kappa shape index (κ1) is 16.0. The first-order valence-corrected chi connectivity index (χ1v) is 7.81. The summed E-state index contributed by atoms with van der Waals surface area (Å²) < 4.78 is 2.00. The molecule has 2 rings (SSSR count). The smallest absolute Gasteiger partial charge is 0.236 e. The summed E-state index contributed by atoms with van der Waals surface area (Å²) in [5, 5.41) is 7.84. The van der Waals surface area contributed by atoms with Crippen molar-refractivity contribution in [3.8, 4) is 0 Å². The molecule has 6 heteroatoms. The Balaban J connectivity index is 1.82. The third-order valence-corrected chi connectivity index (χ3v) is 4.01. The number of piperazine rings is 1. The van der Waals surface area contributed by atoms with Gasteiger partial charge in [0.05, 0.1) is 12.2 Å². The molecule has 1 saturated heterocycles. The lowest BCUT2D eigenvalue weighted by Crippen LogP contribution is -2.49. The highest BCUT2D eigenvalue weighted by Crippen LogP contribution is 2.10. The normalized spacial score (nSPS) is 17.2. The van der Waals surface area contributed by atoms with E-state index in [1.807, 2.05) is 33.8 Å². The van der Waals surface area contributed by atoms with Crippen LogP contribution in [0, 0.1) is 0 Å². The van der Waals surface area contributed by atoms with Crippen molar-refractivity contribution in [2.75, 3.05) is 39.8 Å². The van der Waals surface area contributed by atoms with Gasteiger partial charge in [-0.25, -0.2) is 0 Å². The van der Waals surface area contributed by atoms with E-state index in [0.29, 0.717) is 19.1 Å². The summed E-state index contributed by atoms with van der Waals surface area (Å²) in [4.78, 5) is 16.2. The number of amides is 1. The van der Waals surface area contributed by atoms with Crippen molar-refractivity contribution < 1.29 is 4.79 Å². The lowest BCUT2D eigenvalue weighted by molar-refractivity contribution is -0.132. The Morgan fingerprint density at radius 3 is 2.86 bits per heavy atom. The lowest BCUT2D eigenvalue weighted by atomic mass is 10.3. The number of nitrogens with zero attached hydrogens (tertiary/aromatic N) is 4. The van der Waals surface area contributed by atoms with Crippen LogP contribution < -0.4 is 5.32 Å². The molecule has 1 aliphatic heterocycles. The van der Waals surface area contributed by atoms with Crippen LogP contribution in [0.15, 0.2) is 12.3 Å². The van der Waals surface area contributed by atoms with E-state index in [2.05, 4.69) is 24.3 Å². The van der Waals surface area contributed by atoms with Crippen LogP contribution in [0.5, 0.6) is 0 Å². The highest BCUT2D eigenvalue weighted by atomic mass is 16.2. The molecule has 1 unspecified atom stereocenters. The summed E-state index contributed by atoms with van der Waals surface area (Å²) in [6, 6.07) is 2.46. The second kappa shape index (κ2) is 7.56. The summed E-state index contributed by atoms with van der Waals surface area (Å²) in [7, 11) is 1.97. The van der Waals surface area contributed by atoms with Gasteiger partial charge < -0.3 is 10.2 Å². The summed E-state index contributed by atoms with van der Waals surface area (Å²) in [5.74, 6) is 0.209. The SMILES string of the molecule is CCC(C)n1ccc(CN(C)CC(=O)N2CCNCC2)n1. The molecular formula is C15H27N5O. The Hall–Kier alpha value is -1.40. The fraction of sp³-hybridized carbons (Fsp3) is 0.733. The zero-order chi connectivity index (χ0) is 15.2. The van der Waals surface area contributed by atoms with E-state index in [0.717, 1.165) is 38.3 Å². The predicted molar refractivity (Wildman–Crippen MR) is 83.0 cm³/mol. The Bertz CT molecular complexity index is 453. The van der Waals surface area contributed by atoms with Crippen molar-refractivity contribution >= 4 is 5.91 Å². The van der Waals surface area contributed by atoms with Crippen LogP contribution in [0.1, 0.15) is 32.0 Å². The van der Waals surface area contributed by atoms with Crippen LogP contribution in [-0.4, -0.2) is 65.3 Å². The minimum Gasteiger partial charge on any atom is -0.339 e. The quantitative estimate of drug-likeness (QED) is 0.839. The molecule has 0 radical (unpaired) electrons. The molecule has 1 aromatic rings. The third-order valence-electron chi connectivity index (χ3n) is 4.01. The van der Waals surface area contributed by atoms with E-state index in [-0.39, 0.29) is 5.91 Å². The number of nitrogens with one attached hydrogen (secondary N) is 1. The molecule has 1 N–H and O–H groups in total. The number of carbonyl (C=O) groups excluding carboxylic acids is 1. The van der Waals surface area contributed by atoms with Crippen LogP contribution in [-0.2, 0) is 11.3 Å². The van der Waals surface area contributed by atoms with Gasteiger partial charge in [0.2, 0.25) is 5.91 Å². The van der Waals surface area contributed by atoms with Crippen molar-refractivity contribution in [3.05, 3.63) is 18.0 Å². The van der Waals surface area contributed by atoms with Gasteiger partial charge in [-0.3, -0.25) is 14.4 Å². The molecule has 2 heterocycles. The molecular weight excluding hydrogens is 266 g/mol. The zero-order valence-electron chi connectivity index (χ0n) is 13.4. The van der Waals surface area contributed by atoms with E-state index in [9.17, 15) is 4.79 Å². The zero-order valence-corrected chi connectivity index (χ0v) is 13.4. The first-order valence-electron chi connectivity index (χ1n) is 7.81.